The van der Waals surface area contributed by atoms with E-state index in [0.29, 0.717) is 5.56 Å². The summed E-state index contributed by atoms with van der Waals surface area (Å²) in [4.78, 5) is 23.6. The highest BCUT2D eigenvalue weighted by Crippen LogP contribution is 2.20. The lowest BCUT2D eigenvalue weighted by Gasteiger charge is -2.18. The Kier molecular flexibility index (Phi) is 7.39. The zero-order chi connectivity index (χ0) is 21.6. The Hall–Kier alpha value is -2.87. The molecule has 0 fully saturated rings. The van der Waals surface area contributed by atoms with Gasteiger partial charge in [0.1, 0.15) is 16.7 Å². The summed E-state index contributed by atoms with van der Waals surface area (Å²) in [6.45, 7) is 6.64. The van der Waals surface area contributed by atoms with Crippen molar-refractivity contribution in [2.75, 3.05) is 0 Å². The molecule has 8 heteroatoms. The number of amides is 1. The molecular formula is C21H25NO6S. The van der Waals surface area contributed by atoms with Crippen molar-refractivity contribution in [1.29, 1.82) is 0 Å². The van der Waals surface area contributed by atoms with Gasteiger partial charge in [-0.25, -0.2) is 4.79 Å². The van der Waals surface area contributed by atoms with E-state index in [2.05, 4.69) is 5.32 Å². The first-order chi connectivity index (χ1) is 13.6. The topological polar surface area (TPSA) is 98.8 Å². The SMILES string of the molecule is CC(=O)NC(Cc1ccc(OS(=O)(=O)c2ccc(C)cc2)cc1)C(=O)OC(C)C. The van der Waals surface area contributed by atoms with E-state index in [1.54, 1.807) is 38.1 Å². The minimum absolute atomic E-state index is 0.0642. The van der Waals surface area contributed by atoms with E-state index in [-0.39, 0.29) is 29.1 Å². The standard InChI is InChI=1S/C21H25NO6S/c1-14(2)27-21(24)20(22-16(4)23)13-17-7-9-18(10-8-17)28-29(25,26)19-11-5-15(3)6-12-19/h5-12,14,20H,13H2,1-4H3,(H,22,23). The first-order valence-corrected chi connectivity index (χ1v) is 10.6. The van der Waals surface area contributed by atoms with Crippen LogP contribution in [0.15, 0.2) is 53.4 Å². The molecule has 2 rings (SSSR count). The van der Waals surface area contributed by atoms with Gasteiger partial charge >= 0.3 is 16.1 Å². The zero-order valence-corrected chi connectivity index (χ0v) is 17.7. The molecule has 0 aromatic heterocycles. The van der Waals surface area contributed by atoms with Gasteiger partial charge in [-0.3, -0.25) is 4.79 Å². The number of ether oxygens (including phenoxy) is 1. The van der Waals surface area contributed by atoms with Crippen LogP contribution in [0.25, 0.3) is 0 Å². The van der Waals surface area contributed by atoms with Crippen molar-refractivity contribution in [2.45, 2.75) is 51.2 Å². The molecule has 156 valence electrons. The van der Waals surface area contributed by atoms with Gasteiger partial charge in [0.15, 0.2) is 0 Å². The minimum Gasteiger partial charge on any atom is -0.461 e. The summed E-state index contributed by atoms with van der Waals surface area (Å²) >= 11 is 0. The van der Waals surface area contributed by atoms with Gasteiger partial charge in [-0.2, -0.15) is 8.42 Å². The maximum atomic E-state index is 12.4. The summed E-state index contributed by atoms with van der Waals surface area (Å²) < 4.78 is 35.1. The van der Waals surface area contributed by atoms with E-state index in [1.807, 2.05) is 6.92 Å². The molecule has 2 aromatic carbocycles. The number of benzene rings is 2. The summed E-state index contributed by atoms with van der Waals surface area (Å²) in [5.41, 5.74) is 1.66. The van der Waals surface area contributed by atoms with Crippen LogP contribution in [0.1, 0.15) is 31.9 Å². The highest BCUT2D eigenvalue weighted by atomic mass is 32.2. The zero-order valence-electron chi connectivity index (χ0n) is 16.8. The molecule has 0 bridgehead atoms. The van der Waals surface area contributed by atoms with Gasteiger partial charge in [-0.15, -0.1) is 0 Å². The fraction of sp³-hybridized carbons (Fsp3) is 0.333. The first-order valence-electron chi connectivity index (χ1n) is 9.14. The number of aryl methyl sites for hydroxylation is 1. The lowest BCUT2D eigenvalue weighted by molar-refractivity contribution is -0.151. The fourth-order valence-electron chi connectivity index (χ4n) is 2.55. The van der Waals surface area contributed by atoms with Crippen LogP contribution >= 0.6 is 0 Å². The molecule has 29 heavy (non-hydrogen) atoms. The average molecular weight is 419 g/mol. The van der Waals surface area contributed by atoms with Crippen LogP contribution in [0.3, 0.4) is 0 Å². The molecule has 0 spiro atoms. The molecule has 0 radical (unpaired) electrons. The number of esters is 1. The second-order valence-electron chi connectivity index (χ2n) is 6.94. The Bertz CT molecular complexity index is 950. The van der Waals surface area contributed by atoms with Gasteiger partial charge in [-0.1, -0.05) is 29.8 Å². The predicted octanol–water partition coefficient (Wildman–Crippen LogP) is 2.76. The van der Waals surface area contributed by atoms with Gasteiger partial charge in [0, 0.05) is 13.3 Å². The van der Waals surface area contributed by atoms with E-state index in [9.17, 15) is 18.0 Å². The van der Waals surface area contributed by atoms with Crippen molar-refractivity contribution >= 4 is 22.0 Å². The van der Waals surface area contributed by atoms with E-state index in [1.165, 1.54) is 31.2 Å². The van der Waals surface area contributed by atoms with E-state index in [4.69, 9.17) is 8.92 Å². The number of carbonyl (C=O) groups is 2. The van der Waals surface area contributed by atoms with Crippen molar-refractivity contribution in [1.82, 2.24) is 5.32 Å². The summed E-state index contributed by atoms with van der Waals surface area (Å²) in [5, 5.41) is 2.57. The normalized spacial score (nSPS) is 12.3. The second-order valence-corrected chi connectivity index (χ2v) is 8.48. The molecule has 0 saturated carbocycles. The molecule has 7 nitrogen and oxygen atoms in total. The summed E-state index contributed by atoms with van der Waals surface area (Å²) in [7, 11) is -3.94. The Morgan fingerprint density at radius 1 is 1.00 bits per heavy atom. The number of hydrogen-bond acceptors (Lipinski definition) is 6. The maximum absolute atomic E-state index is 12.4. The molecule has 1 amide bonds. The van der Waals surface area contributed by atoms with Gasteiger partial charge < -0.3 is 14.2 Å². The summed E-state index contributed by atoms with van der Waals surface area (Å²) in [5.74, 6) is -0.729. The van der Waals surface area contributed by atoms with Crippen LogP contribution in [0, 0.1) is 6.92 Å². The van der Waals surface area contributed by atoms with Gasteiger partial charge in [0.2, 0.25) is 5.91 Å². The highest BCUT2D eigenvalue weighted by molar-refractivity contribution is 7.87. The van der Waals surface area contributed by atoms with Gasteiger partial charge in [0.05, 0.1) is 6.10 Å². The van der Waals surface area contributed by atoms with Crippen molar-refractivity contribution in [3.63, 3.8) is 0 Å². The van der Waals surface area contributed by atoms with E-state index in [0.717, 1.165) is 5.56 Å². The molecular weight excluding hydrogens is 394 g/mol. The number of hydrogen-bond donors (Lipinski definition) is 1. The van der Waals surface area contributed by atoms with E-state index >= 15 is 0 Å². The summed E-state index contributed by atoms with van der Waals surface area (Å²) in [6, 6.07) is 11.8. The third-order valence-electron chi connectivity index (χ3n) is 3.89. The molecule has 0 aliphatic heterocycles. The molecule has 2 aromatic rings. The van der Waals surface area contributed by atoms with Crippen molar-refractivity contribution in [3.05, 3.63) is 59.7 Å². The van der Waals surface area contributed by atoms with Crippen LogP contribution in [-0.4, -0.2) is 32.4 Å². The van der Waals surface area contributed by atoms with Crippen LogP contribution in [0.4, 0.5) is 0 Å². The predicted molar refractivity (Wildman–Crippen MR) is 108 cm³/mol. The number of carbonyl (C=O) groups excluding carboxylic acids is 2. The highest BCUT2D eigenvalue weighted by Gasteiger charge is 2.23. The number of rotatable bonds is 8. The van der Waals surface area contributed by atoms with Crippen molar-refractivity contribution in [2.24, 2.45) is 0 Å². The number of nitrogens with one attached hydrogen (secondary N) is 1. The van der Waals surface area contributed by atoms with Crippen LogP contribution in [0.2, 0.25) is 0 Å². The Morgan fingerprint density at radius 2 is 1.59 bits per heavy atom. The Morgan fingerprint density at radius 3 is 2.10 bits per heavy atom. The smallest absolute Gasteiger partial charge is 0.339 e. The Balaban J connectivity index is 2.10. The molecule has 1 atom stereocenters. The van der Waals surface area contributed by atoms with E-state index < -0.39 is 22.1 Å². The second kappa shape index (κ2) is 9.56. The summed E-state index contributed by atoms with van der Waals surface area (Å²) in [6.07, 6.45) is -0.0997. The van der Waals surface area contributed by atoms with Crippen LogP contribution in [-0.2, 0) is 30.9 Å². The molecule has 0 aliphatic carbocycles. The molecule has 1 N–H and O–H groups in total. The van der Waals surface area contributed by atoms with Crippen molar-refractivity contribution < 1.29 is 26.9 Å². The van der Waals surface area contributed by atoms with Gasteiger partial charge in [-0.05, 0) is 50.6 Å². The monoisotopic (exact) mass is 419 g/mol. The van der Waals surface area contributed by atoms with Crippen LogP contribution in [0.5, 0.6) is 5.75 Å². The molecule has 0 heterocycles. The first kappa shape index (κ1) is 22.4. The third-order valence-corrected chi connectivity index (χ3v) is 5.15. The third kappa shape index (κ3) is 6.90. The minimum atomic E-state index is -3.94. The lowest BCUT2D eigenvalue weighted by atomic mass is 10.1. The molecule has 1 unspecified atom stereocenters. The molecule has 0 aliphatic rings. The average Bonchev–Trinajstić information content (AvgIpc) is 2.62. The lowest BCUT2D eigenvalue weighted by Crippen LogP contribution is -2.43. The van der Waals surface area contributed by atoms with Crippen LogP contribution < -0.4 is 9.50 Å². The fourth-order valence-corrected chi connectivity index (χ4v) is 3.48. The van der Waals surface area contributed by atoms with Gasteiger partial charge in [0.25, 0.3) is 0 Å². The molecule has 0 saturated heterocycles. The quantitative estimate of drug-likeness (QED) is 0.522. The Labute approximate surface area is 171 Å². The van der Waals surface area contributed by atoms with Crippen molar-refractivity contribution in [3.8, 4) is 5.75 Å². The maximum Gasteiger partial charge on any atom is 0.339 e. The largest absolute Gasteiger partial charge is 0.461 e.